The Kier molecular flexibility index (Phi) is 4.94. The van der Waals surface area contributed by atoms with Crippen molar-refractivity contribution in [1.29, 1.82) is 0 Å². The van der Waals surface area contributed by atoms with Crippen LogP contribution in [-0.4, -0.2) is 17.2 Å². The zero-order valence-corrected chi connectivity index (χ0v) is 12.5. The highest BCUT2D eigenvalue weighted by atomic mass is 79.9. The first-order chi connectivity index (χ1) is 10.1. The number of carboxylic acids is 1. The van der Waals surface area contributed by atoms with Crippen LogP contribution in [0.4, 0.5) is 10.5 Å². The van der Waals surface area contributed by atoms with Gasteiger partial charge in [-0.2, -0.15) is 0 Å². The Morgan fingerprint density at radius 1 is 1.14 bits per heavy atom. The Hall–Kier alpha value is -2.34. The van der Waals surface area contributed by atoms with Crippen molar-refractivity contribution in [3.63, 3.8) is 0 Å². The summed E-state index contributed by atoms with van der Waals surface area (Å²) in [6.07, 6.45) is -0.705. The third kappa shape index (κ3) is 4.32. The van der Waals surface area contributed by atoms with Crippen molar-refractivity contribution in [2.24, 2.45) is 0 Å². The Bertz CT molecular complexity index is 658. The van der Waals surface area contributed by atoms with Crippen molar-refractivity contribution >= 4 is 33.7 Å². The zero-order valence-electron chi connectivity index (χ0n) is 10.9. The van der Waals surface area contributed by atoms with Gasteiger partial charge in [0.05, 0.1) is 11.3 Å². The number of halogens is 1. The number of hydrogen-bond donors (Lipinski definition) is 2. The van der Waals surface area contributed by atoms with E-state index < -0.39 is 12.1 Å². The molecule has 0 aliphatic heterocycles. The van der Waals surface area contributed by atoms with E-state index in [1.54, 1.807) is 6.07 Å². The monoisotopic (exact) mass is 349 g/mol. The van der Waals surface area contributed by atoms with Gasteiger partial charge in [-0.05, 0) is 23.8 Å². The lowest BCUT2D eigenvalue weighted by atomic mass is 10.2. The molecule has 0 atom stereocenters. The summed E-state index contributed by atoms with van der Waals surface area (Å²) < 4.78 is 5.66. The van der Waals surface area contributed by atoms with Crippen LogP contribution in [0.5, 0.6) is 0 Å². The summed E-state index contributed by atoms with van der Waals surface area (Å²) in [5.41, 5.74) is 1.02. The second-order valence-corrected chi connectivity index (χ2v) is 5.10. The lowest BCUT2D eigenvalue weighted by molar-refractivity contribution is 0.0698. The number of aromatic carboxylic acids is 1. The van der Waals surface area contributed by atoms with E-state index in [1.807, 2.05) is 30.3 Å². The van der Waals surface area contributed by atoms with Gasteiger partial charge in [0.2, 0.25) is 0 Å². The normalized spacial score (nSPS) is 9.95. The maximum Gasteiger partial charge on any atom is 0.411 e. The number of ether oxygens (including phenoxy) is 1. The first kappa shape index (κ1) is 15.1. The van der Waals surface area contributed by atoms with Crippen LogP contribution in [0.25, 0.3) is 0 Å². The average Bonchev–Trinajstić information content (AvgIpc) is 2.48. The van der Waals surface area contributed by atoms with E-state index in [4.69, 9.17) is 9.84 Å². The number of carbonyl (C=O) groups is 2. The van der Waals surface area contributed by atoms with Gasteiger partial charge in [0.1, 0.15) is 6.61 Å². The molecule has 0 fully saturated rings. The van der Waals surface area contributed by atoms with Gasteiger partial charge in [0.25, 0.3) is 0 Å². The summed E-state index contributed by atoms with van der Waals surface area (Å²) in [7, 11) is 0. The average molecular weight is 350 g/mol. The third-order valence-corrected chi connectivity index (χ3v) is 3.15. The van der Waals surface area contributed by atoms with Crippen LogP contribution >= 0.6 is 15.9 Å². The van der Waals surface area contributed by atoms with E-state index in [0.717, 1.165) is 5.56 Å². The number of hydrogen-bond acceptors (Lipinski definition) is 3. The van der Waals surface area contributed by atoms with Gasteiger partial charge in [-0.1, -0.05) is 46.3 Å². The minimum atomic E-state index is -1.13. The van der Waals surface area contributed by atoms with Gasteiger partial charge in [-0.15, -0.1) is 0 Å². The van der Waals surface area contributed by atoms with E-state index in [1.165, 1.54) is 12.1 Å². The number of anilines is 1. The fraction of sp³-hybridized carbons (Fsp3) is 0.0667. The highest BCUT2D eigenvalue weighted by Gasteiger charge is 2.13. The SMILES string of the molecule is O=C(Nc1ccc(Br)cc1C(=O)O)OCc1ccccc1. The van der Waals surface area contributed by atoms with Crippen molar-refractivity contribution in [2.45, 2.75) is 6.61 Å². The van der Waals surface area contributed by atoms with Crippen LogP contribution in [0.1, 0.15) is 15.9 Å². The van der Waals surface area contributed by atoms with E-state index in [2.05, 4.69) is 21.2 Å². The van der Waals surface area contributed by atoms with Gasteiger partial charge < -0.3 is 9.84 Å². The largest absolute Gasteiger partial charge is 0.478 e. The van der Waals surface area contributed by atoms with E-state index in [0.29, 0.717) is 4.47 Å². The molecule has 21 heavy (non-hydrogen) atoms. The highest BCUT2D eigenvalue weighted by molar-refractivity contribution is 9.10. The Labute approximate surface area is 129 Å². The molecule has 2 N–H and O–H groups in total. The third-order valence-electron chi connectivity index (χ3n) is 2.66. The highest BCUT2D eigenvalue weighted by Crippen LogP contribution is 2.21. The molecule has 108 valence electrons. The predicted octanol–water partition coefficient (Wildman–Crippen LogP) is 3.90. The number of rotatable bonds is 4. The second kappa shape index (κ2) is 6.90. The fourth-order valence-corrected chi connectivity index (χ4v) is 2.03. The van der Waals surface area contributed by atoms with Gasteiger partial charge in [0.15, 0.2) is 0 Å². The molecule has 0 aromatic heterocycles. The summed E-state index contributed by atoms with van der Waals surface area (Å²) in [6, 6.07) is 13.8. The molecule has 0 saturated heterocycles. The number of amides is 1. The quantitative estimate of drug-likeness (QED) is 0.877. The molecule has 2 aromatic rings. The molecule has 0 aliphatic rings. The molecule has 6 heteroatoms. The molecule has 0 radical (unpaired) electrons. The van der Waals surface area contributed by atoms with E-state index in [9.17, 15) is 9.59 Å². The van der Waals surface area contributed by atoms with Crippen LogP contribution in [-0.2, 0) is 11.3 Å². The van der Waals surface area contributed by atoms with Crippen molar-refractivity contribution < 1.29 is 19.4 Å². The van der Waals surface area contributed by atoms with Gasteiger partial charge in [-0.3, -0.25) is 5.32 Å². The number of carboxylic acid groups (broad SMARTS) is 1. The minimum Gasteiger partial charge on any atom is -0.478 e. The zero-order chi connectivity index (χ0) is 15.2. The van der Waals surface area contributed by atoms with E-state index >= 15 is 0 Å². The molecule has 0 spiro atoms. The molecule has 0 aliphatic carbocycles. The summed E-state index contributed by atoms with van der Waals surface area (Å²) in [5, 5.41) is 11.5. The van der Waals surface area contributed by atoms with Crippen LogP contribution in [0.3, 0.4) is 0 Å². The van der Waals surface area contributed by atoms with Crippen molar-refractivity contribution in [3.8, 4) is 0 Å². The Balaban J connectivity index is 2.01. The van der Waals surface area contributed by atoms with Crippen LogP contribution in [0.15, 0.2) is 53.0 Å². The molecule has 0 heterocycles. The maximum atomic E-state index is 11.7. The topological polar surface area (TPSA) is 75.6 Å². The molecule has 0 unspecified atom stereocenters. The van der Waals surface area contributed by atoms with Gasteiger partial charge >= 0.3 is 12.1 Å². The predicted molar refractivity (Wildman–Crippen MR) is 81.4 cm³/mol. The van der Waals surface area contributed by atoms with Gasteiger partial charge in [-0.25, -0.2) is 9.59 Å². The lowest BCUT2D eigenvalue weighted by Gasteiger charge is -2.09. The Morgan fingerprint density at radius 3 is 2.52 bits per heavy atom. The standard InChI is InChI=1S/C15H12BrNO4/c16-11-6-7-13(12(8-11)14(18)19)17-15(20)21-9-10-4-2-1-3-5-10/h1-8H,9H2,(H,17,20)(H,18,19). The summed E-state index contributed by atoms with van der Waals surface area (Å²) in [5.74, 6) is -1.13. The summed E-state index contributed by atoms with van der Waals surface area (Å²) in [6.45, 7) is 0.117. The van der Waals surface area contributed by atoms with Crippen molar-refractivity contribution in [1.82, 2.24) is 0 Å². The summed E-state index contributed by atoms with van der Waals surface area (Å²) >= 11 is 3.18. The Morgan fingerprint density at radius 2 is 1.86 bits per heavy atom. The van der Waals surface area contributed by atoms with Crippen molar-refractivity contribution in [3.05, 3.63) is 64.1 Å². The van der Waals surface area contributed by atoms with Crippen LogP contribution in [0.2, 0.25) is 0 Å². The second-order valence-electron chi connectivity index (χ2n) is 4.18. The first-order valence-corrected chi connectivity index (χ1v) is 6.86. The molecular formula is C15H12BrNO4. The van der Waals surface area contributed by atoms with Crippen LogP contribution < -0.4 is 5.32 Å². The number of nitrogens with one attached hydrogen (secondary N) is 1. The van der Waals surface area contributed by atoms with Crippen molar-refractivity contribution in [2.75, 3.05) is 5.32 Å². The molecule has 2 rings (SSSR count). The molecular weight excluding hydrogens is 338 g/mol. The molecule has 0 bridgehead atoms. The number of benzene rings is 2. The smallest absolute Gasteiger partial charge is 0.411 e. The van der Waals surface area contributed by atoms with E-state index in [-0.39, 0.29) is 17.9 Å². The number of carbonyl (C=O) groups excluding carboxylic acids is 1. The van der Waals surface area contributed by atoms with Gasteiger partial charge in [0, 0.05) is 4.47 Å². The molecule has 2 aromatic carbocycles. The minimum absolute atomic E-state index is 0.0129. The first-order valence-electron chi connectivity index (χ1n) is 6.07. The summed E-state index contributed by atoms with van der Waals surface area (Å²) in [4.78, 5) is 22.8. The fourth-order valence-electron chi connectivity index (χ4n) is 1.67. The molecule has 1 amide bonds. The van der Waals surface area contributed by atoms with Crippen LogP contribution in [0, 0.1) is 0 Å². The lowest BCUT2D eigenvalue weighted by Crippen LogP contribution is -2.16. The maximum absolute atomic E-state index is 11.7. The molecule has 5 nitrogen and oxygen atoms in total. The molecule has 0 saturated carbocycles.